The highest BCUT2D eigenvalue weighted by Crippen LogP contribution is 2.21. The van der Waals surface area contributed by atoms with E-state index in [0.29, 0.717) is 23.4 Å². The van der Waals surface area contributed by atoms with Crippen molar-refractivity contribution in [2.24, 2.45) is 5.16 Å². The maximum absolute atomic E-state index is 13.3. The molecule has 5 nitrogen and oxygen atoms in total. The SMILES string of the molecule is O=C(Nc1ccc2ncccc2c1)[C@H]1CC(c2cccc(F)c2)=NO1. The van der Waals surface area contributed by atoms with Crippen LogP contribution in [0.5, 0.6) is 0 Å². The van der Waals surface area contributed by atoms with Crippen LogP contribution < -0.4 is 5.32 Å². The molecule has 1 aromatic heterocycles. The van der Waals surface area contributed by atoms with Gasteiger partial charge in [0.2, 0.25) is 6.10 Å². The molecule has 2 aromatic carbocycles. The molecular formula is C19H14FN3O2. The van der Waals surface area contributed by atoms with E-state index < -0.39 is 6.10 Å². The first-order valence-electron chi connectivity index (χ1n) is 7.83. The second-order valence-corrected chi connectivity index (χ2v) is 5.75. The normalized spacial score (nSPS) is 16.4. The highest BCUT2D eigenvalue weighted by molar-refractivity contribution is 6.06. The zero-order chi connectivity index (χ0) is 17.2. The lowest BCUT2D eigenvalue weighted by molar-refractivity contribution is -0.125. The van der Waals surface area contributed by atoms with Crippen molar-refractivity contribution < 1.29 is 14.0 Å². The third-order valence-electron chi connectivity index (χ3n) is 3.99. The fourth-order valence-electron chi connectivity index (χ4n) is 2.73. The van der Waals surface area contributed by atoms with Crippen LogP contribution in [0.4, 0.5) is 10.1 Å². The lowest BCUT2D eigenvalue weighted by Gasteiger charge is -2.10. The first-order chi connectivity index (χ1) is 12.2. The number of nitrogens with zero attached hydrogens (tertiary/aromatic N) is 2. The summed E-state index contributed by atoms with van der Waals surface area (Å²) < 4.78 is 13.3. The molecule has 1 aliphatic rings. The molecule has 124 valence electrons. The van der Waals surface area contributed by atoms with E-state index in [4.69, 9.17) is 4.84 Å². The maximum atomic E-state index is 13.3. The van der Waals surface area contributed by atoms with Gasteiger partial charge in [-0.1, -0.05) is 23.4 Å². The monoisotopic (exact) mass is 335 g/mol. The van der Waals surface area contributed by atoms with E-state index in [1.165, 1.54) is 12.1 Å². The van der Waals surface area contributed by atoms with E-state index in [1.54, 1.807) is 24.4 Å². The molecule has 6 heteroatoms. The van der Waals surface area contributed by atoms with Gasteiger partial charge in [0.25, 0.3) is 5.91 Å². The van der Waals surface area contributed by atoms with E-state index in [-0.39, 0.29) is 11.7 Å². The largest absolute Gasteiger partial charge is 0.382 e. The third kappa shape index (κ3) is 3.19. The molecule has 0 radical (unpaired) electrons. The van der Waals surface area contributed by atoms with E-state index in [0.717, 1.165) is 10.9 Å². The van der Waals surface area contributed by atoms with E-state index >= 15 is 0 Å². The maximum Gasteiger partial charge on any atom is 0.268 e. The predicted octanol–water partition coefficient (Wildman–Crippen LogP) is 3.51. The topological polar surface area (TPSA) is 63.6 Å². The minimum absolute atomic E-state index is 0.293. The van der Waals surface area contributed by atoms with Gasteiger partial charge in [-0.2, -0.15) is 0 Å². The summed E-state index contributed by atoms with van der Waals surface area (Å²) in [4.78, 5) is 21.9. The molecule has 3 aromatic rings. The Morgan fingerprint density at radius 3 is 2.96 bits per heavy atom. The molecule has 0 aliphatic carbocycles. The van der Waals surface area contributed by atoms with Gasteiger partial charge in [0.05, 0.1) is 11.2 Å². The van der Waals surface area contributed by atoms with Crippen LogP contribution in [0.15, 0.2) is 65.9 Å². The van der Waals surface area contributed by atoms with E-state index in [1.807, 2.05) is 24.3 Å². The molecule has 1 N–H and O–H groups in total. The number of fused-ring (bicyclic) bond motifs is 1. The molecular weight excluding hydrogens is 321 g/mol. The number of aromatic nitrogens is 1. The fraction of sp³-hybridized carbons (Fsp3) is 0.105. The van der Waals surface area contributed by atoms with Crippen molar-refractivity contribution in [1.82, 2.24) is 4.98 Å². The highest BCUT2D eigenvalue weighted by Gasteiger charge is 2.29. The third-order valence-corrected chi connectivity index (χ3v) is 3.99. The van der Waals surface area contributed by atoms with Crippen molar-refractivity contribution in [2.75, 3.05) is 5.32 Å². The Kier molecular flexibility index (Phi) is 3.85. The Morgan fingerprint density at radius 1 is 1.16 bits per heavy atom. The van der Waals surface area contributed by atoms with Crippen molar-refractivity contribution >= 4 is 28.2 Å². The number of pyridine rings is 1. The number of rotatable bonds is 3. The Morgan fingerprint density at radius 2 is 2.08 bits per heavy atom. The smallest absolute Gasteiger partial charge is 0.268 e. The van der Waals surface area contributed by atoms with Gasteiger partial charge in [-0.25, -0.2) is 4.39 Å². The molecule has 0 unspecified atom stereocenters. The Balaban J connectivity index is 1.45. The van der Waals surface area contributed by atoms with Gasteiger partial charge in [-0.05, 0) is 36.4 Å². The number of halogens is 1. The first kappa shape index (κ1) is 15.3. The summed E-state index contributed by atoms with van der Waals surface area (Å²) in [6.07, 6.45) is 1.28. The molecule has 1 atom stereocenters. The summed E-state index contributed by atoms with van der Waals surface area (Å²) in [5.41, 5.74) is 2.69. The second kappa shape index (κ2) is 6.32. The molecule has 0 saturated heterocycles. The average molecular weight is 335 g/mol. The highest BCUT2D eigenvalue weighted by atomic mass is 19.1. The molecule has 4 rings (SSSR count). The Labute approximate surface area is 143 Å². The quantitative estimate of drug-likeness (QED) is 0.797. The lowest BCUT2D eigenvalue weighted by Crippen LogP contribution is -2.28. The van der Waals surface area contributed by atoms with Crippen molar-refractivity contribution in [3.8, 4) is 0 Å². The average Bonchev–Trinajstić information content (AvgIpc) is 3.12. The summed E-state index contributed by atoms with van der Waals surface area (Å²) in [5, 5.41) is 7.68. The lowest BCUT2D eigenvalue weighted by atomic mass is 10.0. The molecule has 2 heterocycles. The van der Waals surface area contributed by atoms with Gasteiger partial charge in [-0.3, -0.25) is 9.78 Å². The number of amides is 1. The van der Waals surface area contributed by atoms with E-state index in [2.05, 4.69) is 15.5 Å². The second-order valence-electron chi connectivity index (χ2n) is 5.75. The molecule has 1 amide bonds. The summed E-state index contributed by atoms with van der Waals surface area (Å²) >= 11 is 0. The molecule has 0 fully saturated rings. The minimum Gasteiger partial charge on any atom is -0.382 e. The number of benzene rings is 2. The van der Waals surface area contributed by atoms with Crippen LogP contribution in [0.3, 0.4) is 0 Å². The summed E-state index contributed by atoms with van der Waals surface area (Å²) in [6.45, 7) is 0. The number of nitrogens with one attached hydrogen (secondary N) is 1. The molecule has 0 spiro atoms. The van der Waals surface area contributed by atoms with Crippen LogP contribution in [-0.2, 0) is 9.63 Å². The number of oxime groups is 1. The van der Waals surface area contributed by atoms with E-state index in [9.17, 15) is 9.18 Å². The van der Waals surface area contributed by atoms with Crippen LogP contribution in [0, 0.1) is 5.82 Å². The first-order valence-corrected chi connectivity index (χ1v) is 7.83. The standard InChI is InChI=1S/C19H14FN3O2/c20-14-5-1-3-12(9-14)17-11-18(25-23-17)19(24)22-15-6-7-16-13(10-15)4-2-8-21-16/h1-10,18H,11H2,(H,22,24)/t18-/m1/s1. The summed E-state index contributed by atoms with van der Waals surface area (Å²) in [7, 11) is 0. The number of carbonyl (C=O) groups excluding carboxylic acids is 1. The number of hydrogen-bond donors (Lipinski definition) is 1. The zero-order valence-electron chi connectivity index (χ0n) is 13.1. The number of hydrogen-bond acceptors (Lipinski definition) is 4. The fourth-order valence-corrected chi connectivity index (χ4v) is 2.73. The van der Waals surface area contributed by atoms with Crippen LogP contribution in [0.1, 0.15) is 12.0 Å². The molecule has 1 aliphatic heterocycles. The van der Waals surface area contributed by atoms with Crippen molar-refractivity contribution in [1.29, 1.82) is 0 Å². The van der Waals surface area contributed by atoms with Gasteiger partial charge in [-0.15, -0.1) is 0 Å². The van der Waals surface area contributed by atoms with Crippen LogP contribution in [0.25, 0.3) is 10.9 Å². The van der Waals surface area contributed by atoms with Gasteiger partial charge in [0.15, 0.2) is 0 Å². The van der Waals surface area contributed by atoms with Crippen LogP contribution in [0.2, 0.25) is 0 Å². The Hall–Kier alpha value is -3.28. The van der Waals surface area contributed by atoms with Crippen molar-refractivity contribution in [3.05, 3.63) is 72.2 Å². The van der Waals surface area contributed by atoms with Crippen molar-refractivity contribution in [3.63, 3.8) is 0 Å². The predicted molar refractivity (Wildman–Crippen MR) is 92.8 cm³/mol. The van der Waals surface area contributed by atoms with Gasteiger partial charge >= 0.3 is 0 Å². The van der Waals surface area contributed by atoms with Crippen LogP contribution >= 0.6 is 0 Å². The van der Waals surface area contributed by atoms with Crippen LogP contribution in [-0.4, -0.2) is 22.7 Å². The number of anilines is 1. The summed E-state index contributed by atoms with van der Waals surface area (Å²) in [5.74, 6) is -0.642. The molecule has 0 bridgehead atoms. The molecule has 0 saturated carbocycles. The Bertz CT molecular complexity index is 987. The van der Waals surface area contributed by atoms with Gasteiger partial charge in [0, 0.05) is 29.3 Å². The van der Waals surface area contributed by atoms with Crippen molar-refractivity contribution in [2.45, 2.75) is 12.5 Å². The number of carbonyl (C=O) groups is 1. The minimum atomic E-state index is -0.733. The summed E-state index contributed by atoms with van der Waals surface area (Å²) in [6, 6.07) is 15.3. The molecule has 25 heavy (non-hydrogen) atoms. The van der Waals surface area contributed by atoms with Gasteiger partial charge < -0.3 is 10.2 Å². The van der Waals surface area contributed by atoms with Gasteiger partial charge in [0.1, 0.15) is 5.82 Å². The zero-order valence-corrected chi connectivity index (χ0v) is 13.1.